The van der Waals surface area contributed by atoms with Crippen LogP contribution in [0.5, 0.6) is 11.5 Å². The number of aromatic hydroxyl groups is 1. The molecular weight excluding hydrogens is 312 g/mol. The third-order valence-corrected chi connectivity index (χ3v) is 4.22. The fraction of sp³-hybridized carbons (Fsp3) is 0.0476. The number of phenols is 1. The minimum absolute atomic E-state index is 0.101. The highest BCUT2D eigenvalue weighted by molar-refractivity contribution is 6.24. The van der Waals surface area contributed by atoms with E-state index < -0.39 is 0 Å². The highest BCUT2D eigenvalue weighted by atomic mass is 16.5. The van der Waals surface area contributed by atoms with Crippen molar-refractivity contribution in [3.8, 4) is 22.6 Å². The summed E-state index contributed by atoms with van der Waals surface area (Å²) in [4.78, 5) is 0. The number of ether oxygens (including phenoxy) is 1. The number of methoxy groups -OCH3 is 1. The van der Waals surface area contributed by atoms with Crippen LogP contribution in [0.2, 0.25) is 0 Å². The lowest BCUT2D eigenvalue weighted by molar-refractivity contribution is 0.373. The molecule has 0 unspecified atom stereocenters. The van der Waals surface area contributed by atoms with Gasteiger partial charge in [0.05, 0.1) is 13.3 Å². The van der Waals surface area contributed by atoms with E-state index in [1.807, 2.05) is 24.3 Å². The molecular formula is C21H16N2O2. The number of phenolic OH excluding ortho intramolecular Hbond substituents is 1. The second kappa shape index (κ2) is 6.24. The number of benzene rings is 3. The van der Waals surface area contributed by atoms with E-state index in [1.165, 1.54) is 18.2 Å². The standard InChI is InChI=1S/C21H16N2O2/c1-25-20-12-14(10-11-19(20)24)13-22-23-21-17-8-4-2-6-15(17)16-7-3-5-9-18(16)21/h2-13,24H,1H3/b22-13+. The Hall–Kier alpha value is -3.40. The van der Waals surface area contributed by atoms with Crippen molar-refractivity contribution in [2.24, 2.45) is 10.2 Å². The summed E-state index contributed by atoms with van der Waals surface area (Å²) in [6.45, 7) is 0. The molecule has 122 valence electrons. The minimum Gasteiger partial charge on any atom is -0.504 e. The lowest BCUT2D eigenvalue weighted by atomic mass is 10.1. The largest absolute Gasteiger partial charge is 0.504 e. The molecule has 25 heavy (non-hydrogen) atoms. The zero-order valence-corrected chi connectivity index (χ0v) is 13.7. The molecule has 0 fully saturated rings. The number of hydrogen-bond acceptors (Lipinski definition) is 4. The second-order valence-electron chi connectivity index (χ2n) is 5.72. The van der Waals surface area contributed by atoms with Gasteiger partial charge >= 0.3 is 0 Å². The number of nitrogens with zero attached hydrogens (tertiary/aromatic N) is 2. The van der Waals surface area contributed by atoms with Crippen LogP contribution in [0.1, 0.15) is 16.7 Å². The maximum absolute atomic E-state index is 9.65. The van der Waals surface area contributed by atoms with Gasteiger partial charge in [0.2, 0.25) is 0 Å². The van der Waals surface area contributed by atoms with Crippen molar-refractivity contribution in [1.82, 2.24) is 0 Å². The summed E-state index contributed by atoms with van der Waals surface area (Å²) in [6, 6.07) is 21.5. The Bertz CT molecular complexity index is 959. The summed E-state index contributed by atoms with van der Waals surface area (Å²) in [6.07, 6.45) is 1.65. The predicted octanol–water partition coefficient (Wildman–Crippen LogP) is 4.25. The van der Waals surface area contributed by atoms with Gasteiger partial charge in [-0.2, -0.15) is 5.10 Å². The van der Waals surface area contributed by atoms with Gasteiger partial charge in [-0.05, 0) is 34.9 Å². The van der Waals surface area contributed by atoms with E-state index in [2.05, 4.69) is 34.5 Å². The van der Waals surface area contributed by atoms with Gasteiger partial charge in [-0.3, -0.25) is 0 Å². The first-order chi connectivity index (χ1) is 12.3. The van der Waals surface area contributed by atoms with Gasteiger partial charge in [-0.25, -0.2) is 0 Å². The van der Waals surface area contributed by atoms with Crippen LogP contribution in [-0.2, 0) is 0 Å². The first-order valence-electron chi connectivity index (χ1n) is 7.95. The van der Waals surface area contributed by atoms with E-state index in [0.29, 0.717) is 5.75 Å². The molecule has 0 radical (unpaired) electrons. The molecule has 3 aromatic carbocycles. The van der Waals surface area contributed by atoms with Crippen LogP contribution in [0.15, 0.2) is 76.9 Å². The Morgan fingerprint density at radius 2 is 1.44 bits per heavy atom. The van der Waals surface area contributed by atoms with Gasteiger partial charge in [-0.15, -0.1) is 5.10 Å². The molecule has 4 rings (SSSR count). The van der Waals surface area contributed by atoms with Crippen LogP contribution < -0.4 is 4.74 Å². The van der Waals surface area contributed by atoms with Gasteiger partial charge < -0.3 is 9.84 Å². The van der Waals surface area contributed by atoms with E-state index >= 15 is 0 Å². The van der Waals surface area contributed by atoms with Gasteiger partial charge in [0.15, 0.2) is 11.5 Å². The fourth-order valence-electron chi connectivity index (χ4n) is 3.03. The molecule has 4 heteroatoms. The number of hydrogen-bond donors (Lipinski definition) is 1. The van der Waals surface area contributed by atoms with Crippen molar-refractivity contribution >= 4 is 11.9 Å². The topological polar surface area (TPSA) is 54.2 Å². The van der Waals surface area contributed by atoms with Crippen LogP contribution in [0, 0.1) is 0 Å². The molecule has 0 amide bonds. The van der Waals surface area contributed by atoms with Crippen molar-refractivity contribution < 1.29 is 9.84 Å². The third kappa shape index (κ3) is 2.68. The Morgan fingerprint density at radius 3 is 2.04 bits per heavy atom. The molecule has 0 aliphatic heterocycles. The van der Waals surface area contributed by atoms with E-state index in [9.17, 15) is 5.11 Å². The normalized spacial score (nSPS) is 12.1. The van der Waals surface area contributed by atoms with Gasteiger partial charge in [-0.1, -0.05) is 48.5 Å². The average Bonchev–Trinajstić information content (AvgIpc) is 2.97. The fourth-order valence-corrected chi connectivity index (χ4v) is 3.03. The predicted molar refractivity (Wildman–Crippen MR) is 99.8 cm³/mol. The lowest BCUT2D eigenvalue weighted by Gasteiger charge is -2.03. The Morgan fingerprint density at radius 1 is 0.840 bits per heavy atom. The SMILES string of the molecule is COc1cc(/C=N/N=C2c3ccccc3-c3ccccc32)ccc1O. The van der Waals surface area contributed by atoms with Crippen LogP contribution in [-0.4, -0.2) is 24.1 Å². The molecule has 1 N–H and O–H groups in total. The van der Waals surface area contributed by atoms with Crippen LogP contribution in [0.4, 0.5) is 0 Å². The van der Waals surface area contributed by atoms with Crippen LogP contribution in [0.25, 0.3) is 11.1 Å². The monoisotopic (exact) mass is 328 g/mol. The Labute approximate surface area is 145 Å². The summed E-state index contributed by atoms with van der Waals surface area (Å²) >= 11 is 0. The summed E-state index contributed by atoms with van der Waals surface area (Å²) in [5.74, 6) is 0.512. The van der Waals surface area contributed by atoms with Gasteiger partial charge in [0, 0.05) is 11.1 Å². The smallest absolute Gasteiger partial charge is 0.161 e. The molecule has 0 saturated carbocycles. The van der Waals surface area contributed by atoms with Gasteiger partial charge in [0.25, 0.3) is 0 Å². The molecule has 0 spiro atoms. The maximum Gasteiger partial charge on any atom is 0.161 e. The lowest BCUT2D eigenvalue weighted by Crippen LogP contribution is -1.97. The van der Waals surface area contributed by atoms with E-state index in [0.717, 1.165) is 22.4 Å². The molecule has 1 aliphatic carbocycles. The summed E-state index contributed by atoms with van der Waals surface area (Å²) in [5.41, 5.74) is 6.21. The van der Waals surface area contributed by atoms with Crippen molar-refractivity contribution in [2.45, 2.75) is 0 Å². The molecule has 0 heterocycles. The third-order valence-electron chi connectivity index (χ3n) is 4.22. The zero-order chi connectivity index (χ0) is 17.2. The molecule has 1 aliphatic rings. The quantitative estimate of drug-likeness (QED) is 0.451. The van der Waals surface area contributed by atoms with E-state index in [1.54, 1.807) is 24.4 Å². The summed E-state index contributed by atoms with van der Waals surface area (Å²) in [7, 11) is 1.52. The molecule has 3 aromatic rings. The summed E-state index contributed by atoms with van der Waals surface area (Å²) in [5, 5.41) is 18.4. The van der Waals surface area contributed by atoms with Gasteiger partial charge in [0.1, 0.15) is 5.71 Å². The maximum atomic E-state index is 9.65. The number of fused-ring (bicyclic) bond motifs is 3. The van der Waals surface area contributed by atoms with Crippen molar-refractivity contribution in [3.05, 3.63) is 83.4 Å². The molecule has 0 saturated heterocycles. The Kier molecular flexibility index (Phi) is 3.78. The number of rotatable bonds is 3. The molecule has 4 nitrogen and oxygen atoms in total. The Balaban J connectivity index is 1.72. The highest BCUT2D eigenvalue weighted by Crippen LogP contribution is 2.36. The molecule has 0 aromatic heterocycles. The van der Waals surface area contributed by atoms with Crippen molar-refractivity contribution in [1.29, 1.82) is 0 Å². The average molecular weight is 328 g/mol. The minimum atomic E-state index is 0.101. The van der Waals surface area contributed by atoms with Crippen molar-refractivity contribution in [3.63, 3.8) is 0 Å². The van der Waals surface area contributed by atoms with E-state index in [-0.39, 0.29) is 5.75 Å². The second-order valence-corrected chi connectivity index (χ2v) is 5.72. The molecule has 0 bridgehead atoms. The first kappa shape index (κ1) is 15.1. The zero-order valence-electron chi connectivity index (χ0n) is 13.7. The van der Waals surface area contributed by atoms with Crippen LogP contribution >= 0.6 is 0 Å². The first-order valence-corrected chi connectivity index (χ1v) is 7.95. The van der Waals surface area contributed by atoms with Crippen molar-refractivity contribution in [2.75, 3.05) is 7.11 Å². The van der Waals surface area contributed by atoms with Crippen LogP contribution in [0.3, 0.4) is 0 Å². The highest BCUT2D eigenvalue weighted by Gasteiger charge is 2.23. The summed E-state index contributed by atoms with van der Waals surface area (Å²) < 4.78 is 5.11. The van der Waals surface area contributed by atoms with E-state index in [4.69, 9.17) is 4.74 Å². The molecule has 0 atom stereocenters.